The van der Waals surface area contributed by atoms with Crippen molar-refractivity contribution in [2.75, 3.05) is 0 Å². The fourth-order valence-corrected chi connectivity index (χ4v) is 3.24. The van der Waals surface area contributed by atoms with Gasteiger partial charge in [0.25, 0.3) is 0 Å². The average Bonchev–Trinajstić information content (AvgIpc) is 3.24. The third-order valence-corrected chi connectivity index (χ3v) is 4.53. The van der Waals surface area contributed by atoms with Crippen molar-refractivity contribution < 1.29 is 9.90 Å². The molecule has 1 aromatic heterocycles. The number of aromatic nitrogens is 1. The minimum absolute atomic E-state index is 0.0136. The number of hydrogen-bond acceptors (Lipinski definition) is 2. The zero-order valence-electron chi connectivity index (χ0n) is 11.7. The second kappa shape index (κ2) is 5.30. The lowest BCUT2D eigenvalue weighted by Gasteiger charge is -2.17. The van der Waals surface area contributed by atoms with Gasteiger partial charge in [-0.25, -0.2) is 0 Å². The molecule has 1 N–H and O–H groups in total. The van der Waals surface area contributed by atoms with Crippen molar-refractivity contribution in [2.45, 2.75) is 38.6 Å². The van der Waals surface area contributed by atoms with Gasteiger partial charge in [0, 0.05) is 33.6 Å². The van der Waals surface area contributed by atoms with Crippen molar-refractivity contribution in [3.05, 3.63) is 44.2 Å². The van der Waals surface area contributed by atoms with Crippen molar-refractivity contribution in [1.29, 1.82) is 0 Å². The van der Waals surface area contributed by atoms with Crippen LogP contribution in [0.15, 0.2) is 27.5 Å². The second-order valence-corrected chi connectivity index (χ2v) is 6.47. The summed E-state index contributed by atoms with van der Waals surface area (Å²) in [6.07, 6.45) is 2.51. The van der Waals surface area contributed by atoms with Crippen molar-refractivity contribution in [1.82, 2.24) is 4.57 Å². The van der Waals surface area contributed by atoms with Gasteiger partial charge in [0.05, 0.1) is 5.52 Å². The summed E-state index contributed by atoms with van der Waals surface area (Å²) in [5.41, 5.74) is 2.46. The van der Waals surface area contributed by atoms with E-state index in [1.165, 1.54) is 0 Å². The van der Waals surface area contributed by atoms with Gasteiger partial charge in [0.2, 0.25) is 0 Å². The summed E-state index contributed by atoms with van der Waals surface area (Å²) in [6, 6.07) is 6.18. The summed E-state index contributed by atoms with van der Waals surface area (Å²) in [6.45, 7) is 1.93. The number of hydrogen-bond donors (Lipinski definition) is 1. The Morgan fingerprint density at radius 3 is 2.76 bits per heavy atom. The van der Waals surface area contributed by atoms with Crippen molar-refractivity contribution >= 4 is 32.8 Å². The molecule has 21 heavy (non-hydrogen) atoms. The lowest BCUT2D eigenvalue weighted by Crippen LogP contribution is -2.19. The van der Waals surface area contributed by atoms with E-state index in [0.29, 0.717) is 17.0 Å². The first kappa shape index (κ1) is 14.3. The molecule has 0 amide bonds. The van der Waals surface area contributed by atoms with Gasteiger partial charge >= 0.3 is 5.97 Å². The van der Waals surface area contributed by atoms with Gasteiger partial charge in [-0.05, 0) is 44.4 Å². The average molecular weight is 350 g/mol. The fraction of sp³-hybridized carbons (Fsp3) is 0.375. The van der Waals surface area contributed by atoms with Crippen LogP contribution in [0.5, 0.6) is 0 Å². The van der Waals surface area contributed by atoms with E-state index in [1.807, 2.05) is 25.1 Å². The normalized spacial score (nSPS) is 14.6. The third-order valence-electron chi connectivity index (χ3n) is 4.04. The van der Waals surface area contributed by atoms with Crippen LogP contribution in [0.1, 0.15) is 36.6 Å². The Morgan fingerprint density at radius 2 is 2.14 bits per heavy atom. The summed E-state index contributed by atoms with van der Waals surface area (Å²) in [5.74, 6) is -0.874. The first-order chi connectivity index (χ1) is 9.99. The zero-order valence-corrected chi connectivity index (χ0v) is 13.3. The van der Waals surface area contributed by atoms with E-state index in [9.17, 15) is 9.59 Å². The summed E-state index contributed by atoms with van der Waals surface area (Å²) in [4.78, 5) is 23.5. The highest BCUT2D eigenvalue weighted by atomic mass is 79.9. The highest BCUT2D eigenvalue weighted by Gasteiger charge is 2.27. The first-order valence-electron chi connectivity index (χ1n) is 7.04. The van der Waals surface area contributed by atoms with Crippen LogP contribution >= 0.6 is 15.9 Å². The predicted octanol–water partition coefficient (Wildman–Crippen LogP) is 3.42. The van der Waals surface area contributed by atoms with Crippen LogP contribution < -0.4 is 5.43 Å². The van der Waals surface area contributed by atoms with E-state index < -0.39 is 5.97 Å². The summed E-state index contributed by atoms with van der Waals surface area (Å²) in [7, 11) is 0. The van der Waals surface area contributed by atoms with E-state index in [1.54, 1.807) is 0 Å². The van der Waals surface area contributed by atoms with E-state index in [0.717, 1.165) is 28.5 Å². The Labute approximate surface area is 130 Å². The number of halogens is 1. The Balaban J connectivity index is 2.26. The molecule has 0 unspecified atom stereocenters. The molecule has 1 aliphatic rings. The Hall–Kier alpha value is -1.62. The van der Waals surface area contributed by atoms with Crippen LogP contribution in [0.2, 0.25) is 0 Å². The highest BCUT2D eigenvalue weighted by molar-refractivity contribution is 9.10. The third kappa shape index (κ3) is 2.62. The van der Waals surface area contributed by atoms with Gasteiger partial charge in [-0.2, -0.15) is 0 Å². The molecule has 1 saturated carbocycles. The Morgan fingerprint density at radius 1 is 1.43 bits per heavy atom. The molecular formula is C16H16BrNO3. The van der Waals surface area contributed by atoms with Crippen molar-refractivity contribution in [3.8, 4) is 0 Å². The number of pyridine rings is 1. The maximum Gasteiger partial charge on any atom is 0.303 e. The van der Waals surface area contributed by atoms with Gasteiger partial charge in [-0.1, -0.05) is 15.9 Å². The number of fused-ring (bicyclic) bond motifs is 1. The molecule has 1 aliphatic carbocycles. The lowest BCUT2D eigenvalue weighted by molar-refractivity contribution is -0.136. The van der Waals surface area contributed by atoms with E-state index in [4.69, 9.17) is 5.11 Å². The molecular weight excluding hydrogens is 334 g/mol. The van der Waals surface area contributed by atoms with Gasteiger partial charge < -0.3 is 9.67 Å². The van der Waals surface area contributed by atoms with Gasteiger partial charge in [-0.15, -0.1) is 0 Å². The zero-order chi connectivity index (χ0) is 15.1. The van der Waals surface area contributed by atoms with Crippen LogP contribution in [0.4, 0.5) is 0 Å². The molecule has 3 rings (SSSR count). The molecule has 0 saturated heterocycles. The standard InChI is InChI=1S/C16H16BrNO3/c1-9-12(5-7-15(19)20)16(21)13-8-10(17)2-6-14(13)18(9)11-3-4-11/h2,6,8,11H,3-5,7H2,1H3,(H,19,20). The number of carbonyl (C=O) groups is 1. The van der Waals surface area contributed by atoms with E-state index in [-0.39, 0.29) is 18.3 Å². The lowest BCUT2D eigenvalue weighted by atomic mass is 10.0. The van der Waals surface area contributed by atoms with Gasteiger partial charge in [0.15, 0.2) is 5.43 Å². The van der Waals surface area contributed by atoms with Crippen LogP contribution in [-0.2, 0) is 11.2 Å². The maximum absolute atomic E-state index is 12.7. The molecule has 4 nitrogen and oxygen atoms in total. The second-order valence-electron chi connectivity index (χ2n) is 5.55. The topological polar surface area (TPSA) is 59.3 Å². The van der Waals surface area contributed by atoms with Crippen LogP contribution in [-0.4, -0.2) is 15.6 Å². The predicted molar refractivity (Wildman–Crippen MR) is 84.9 cm³/mol. The van der Waals surface area contributed by atoms with Crippen molar-refractivity contribution in [3.63, 3.8) is 0 Å². The number of carboxylic acid groups (broad SMARTS) is 1. The number of rotatable bonds is 4. The fourth-order valence-electron chi connectivity index (χ4n) is 2.88. The number of aliphatic carboxylic acids is 1. The summed E-state index contributed by atoms with van der Waals surface area (Å²) < 4.78 is 3.07. The number of carboxylic acids is 1. The minimum atomic E-state index is -0.874. The minimum Gasteiger partial charge on any atom is -0.481 e. The smallest absolute Gasteiger partial charge is 0.303 e. The quantitative estimate of drug-likeness (QED) is 0.919. The van der Waals surface area contributed by atoms with Crippen LogP contribution in [0.3, 0.4) is 0 Å². The maximum atomic E-state index is 12.7. The summed E-state index contributed by atoms with van der Waals surface area (Å²) >= 11 is 3.41. The molecule has 5 heteroatoms. The highest BCUT2D eigenvalue weighted by Crippen LogP contribution is 2.38. The monoisotopic (exact) mass is 349 g/mol. The molecule has 0 radical (unpaired) electrons. The Bertz CT molecular complexity index is 790. The molecule has 0 spiro atoms. The largest absolute Gasteiger partial charge is 0.481 e. The van der Waals surface area contributed by atoms with Crippen molar-refractivity contribution in [2.24, 2.45) is 0 Å². The van der Waals surface area contributed by atoms with Gasteiger partial charge in [0.1, 0.15) is 0 Å². The number of benzene rings is 1. The Kier molecular flexibility index (Phi) is 3.61. The molecule has 0 aliphatic heterocycles. The van der Waals surface area contributed by atoms with Crippen LogP contribution in [0, 0.1) is 6.92 Å². The van der Waals surface area contributed by atoms with E-state index in [2.05, 4.69) is 20.5 Å². The molecule has 1 heterocycles. The van der Waals surface area contributed by atoms with Crippen LogP contribution in [0.25, 0.3) is 10.9 Å². The SMILES string of the molecule is Cc1c(CCC(=O)O)c(=O)c2cc(Br)ccc2n1C1CC1. The number of nitrogens with zero attached hydrogens (tertiary/aromatic N) is 1. The molecule has 0 atom stereocenters. The molecule has 1 fully saturated rings. The molecule has 2 aromatic rings. The molecule has 110 valence electrons. The summed E-state index contributed by atoms with van der Waals surface area (Å²) in [5, 5.41) is 9.56. The molecule has 1 aromatic carbocycles. The first-order valence-corrected chi connectivity index (χ1v) is 7.83. The van der Waals surface area contributed by atoms with Gasteiger partial charge in [-0.3, -0.25) is 9.59 Å². The molecule has 0 bridgehead atoms. The van der Waals surface area contributed by atoms with E-state index >= 15 is 0 Å².